The van der Waals surface area contributed by atoms with Gasteiger partial charge in [0, 0.05) is 29.7 Å². The van der Waals surface area contributed by atoms with E-state index in [2.05, 4.69) is 29.1 Å². The lowest BCUT2D eigenvalue weighted by Crippen LogP contribution is -2.45. The fourth-order valence-electron chi connectivity index (χ4n) is 4.74. The number of nitrogens with one attached hydrogen (secondary N) is 2. The molecular formula is C29H42ClN5O5S. The quantitative estimate of drug-likeness (QED) is 0.285. The number of halogens is 1. The Morgan fingerprint density at radius 3 is 2.39 bits per heavy atom. The second kappa shape index (κ2) is 12.1. The summed E-state index contributed by atoms with van der Waals surface area (Å²) in [6, 6.07) is 7.65. The molecule has 0 spiro atoms. The Kier molecular flexibility index (Phi) is 9.64. The highest BCUT2D eigenvalue weighted by Crippen LogP contribution is 2.36. The molecule has 10 nitrogen and oxygen atoms in total. The first-order chi connectivity index (χ1) is 18.8. The molecule has 0 saturated carbocycles. The Labute approximate surface area is 248 Å². The lowest BCUT2D eigenvalue weighted by atomic mass is 9.91. The number of pyridine rings is 2. The van der Waals surface area contributed by atoms with Gasteiger partial charge in [0.05, 0.1) is 5.56 Å². The first-order valence-corrected chi connectivity index (χ1v) is 15.6. The van der Waals surface area contributed by atoms with Gasteiger partial charge < -0.3 is 15.0 Å². The molecule has 0 aromatic carbocycles. The fourth-order valence-corrected chi connectivity index (χ4v) is 5.91. The molecule has 2 aromatic rings. The van der Waals surface area contributed by atoms with Crippen molar-refractivity contribution in [2.45, 2.75) is 96.2 Å². The Morgan fingerprint density at radius 1 is 1.10 bits per heavy atom. The Bertz CT molecular complexity index is 1380. The van der Waals surface area contributed by atoms with Crippen LogP contribution in [0.5, 0.6) is 0 Å². The number of nitrogens with zero attached hydrogens (tertiary/aromatic N) is 3. The highest BCUT2D eigenvalue weighted by molar-refractivity contribution is 7.90. The lowest BCUT2D eigenvalue weighted by molar-refractivity contribution is 0.0130. The molecule has 41 heavy (non-hydrogen) atoms. The van der Waals surface area contributed by atoms with Gasteiger partial charge in [0.2, 0.25) is 0 Å². The minimum atomic E-state index is -4.26. The maximum absolute atomic E-state index is 12.9. The van der Waals surface area contributed by atoms with Crippen molar-refractivity contribution in [3.8, 4) is 0 Å². The molecular weight excluding hydrogens is 566 g/mol. The van der Waals surface area contributed by atoms with Gasteiger partial charge in [-0.05, 0) is 84.1 Å². The van der Waals surface area contributed by atoms with E-state index in [0.29, 0.717) is 30.5 Å². The number of ether oxygens (including phenoxy) is 1. The van der Waals surface area contributed by atoms with Crippen LogP contribution in [0.4, 0.5) is 10.6 Å². The number of likely N-dealkylation sites (tertiary alicyclic amines) is 1. The van der Waals surface area contributed by atoms with E-state index >= 15 is 0 Å². The van der Waals surface area contributed by atoms with Gasteiger partial charge in [-0.1, -0.05) is 38.4 Å². The van der Waals surface area contributed by atoms with Crippen molar-refractivity contribution in [1.29, 1.82) is 0 Å². The van der Waals surface area contributed by atoms with Gasteiger partial charge in [-0.3, -0.25) is 4.79 Å². The minimum Gasteiger partial charge on any atom is -0.444 e. The molecule has 0 radical (unpaired) electrons. The zero-order valence-corrected chi connectivity index (χ0v) is 26.7. The molecule has 1 aliphatic rings. The fraction of sp³-hybridized carbons (Fsp3) is 0.586. The number of amides is 2. The molecule has 3 rings (SSSR count). The molecule has 0 bridgehead atoms. The second-order valence-corrected chi connectivity index (χ2v) is 15.1. The Hall–Kier alpha value is -2.92. The van der Waals surface area contributed by atoms with E-state index in [1.165, 1.54) is 12.1 Å². The van der Waals surface area contributed by atoms with Crippen LogP contribution in [-0.4, -0.2) is 59.5 Å². The molecule has 12 heteroatoms. The highest BCUT2D eigenvalue weighted by atomic mass is 35.5. The minimum absolute atomic E-state index is 0.0437. The van der Waals surface area contributed by atoms with Crippen molar-refractivity contribution >= 4 is 39.4 Å². The predicted octanol–water partition coefficient (Wildman–Crippen LogP) is 5.77. The van der Waals surface area contributed by atoms with Crippen LogP contribution in [0, 0.1) is 5.92 Å². The van der Waals surface area contributed by atoms with E-state index in [1.807, 2.05) is 51.2 Å². The molecule has 3 heterocycles. The maximum atomic E-state index is 12.9. The first kappa shape index (κ1) is 32.6. The molecule has 1 saturated heterocycles. The number of sulfonamides is 1. The molecule has 0 aliphatic carbocycles. The Balaban J connectivity index is 1.56. The van der Waals surface area contributed by atoms with Crippen LogP contribution < -0.4 is 10.0 Å². The van der Waals surface area contributed by atoms with Crippen molar-refractivity contribution < 1.29 is 22.7 Å². The third kappa shape index (κ3) is 8.78. The van der Waals surface area contributed by atoms with E-state index in [-0.39, 0.29) is 32.8 Å². The summed E-state index contributed by atoms with van der Waals surface area (Å²) in [7, 11) is -4.26. The summed E-state index contributed by atoms with van der Waals surface area (Å²) in [5.41, 5.74) is -0.480. The number of hydrogen-bond donors (Lipinski definition) is 2. The third-order valence-electron chi connectivity index (χ3n) is 6.76. The van der Waals surface area contributed by atoms with Gasteiger partial charge in [-0.25, -0.2) is 19.5 Å². The average molecular weight is 608 g/mol. The van der Waals surface area contributed by atoms with Gasteiger partial charge in [0.15, 0.2) is 5.03 Å². The van der Waals surface area contributed by atoms with Crippen LogP contribution >= 0.6 is 11.6 Å². The van der Waals surface area contributed by atoms with E-state index in [9.17, 15) is 18.0 Å². The lowest BCUT2D eigenvalue weighted by Gasteiger charge is -2.33. The smallest absolute Gasteiger partial charge is 0.410 e. The molecule has 1 fully saturated rings. The molecule has 226 valence electrons. The van der Waals surface area contributed by atoms with Crippen molar-refractivity contribution in [1.82, 2.24) is 19.6 Å². The van der Waals surface area contributed by atoms with E-state index in [1.54, 1.807) is 18.2 Å². The van der Waals surface area contributed by atoms with Crippen LogP contribution in [0.15, 0.2) is 35.4 Å². The van der Waals surface area contributed by atoms with Gasteiger partial charge in [-0.15, -0.1) is 0 Å². The number of hydrogen-bond acceptors (Lipinski definition) is 8. The SMILES string of the molecule is CC(C)(C)OC(=O)N1C[C@@H](CCCNc2cccc(S(=O)(=O)NC(=O)c3ccc(C(C)(C)C)nc3Cl)n2)CC1(C)C. The van der Waals surface area contributed by atoms with Crippen molar-refractivity contribution in [3.05, 3.63) is 46.7 Å². The van der Waals surface area contributed by atoms with E-state index < -0.39 is 21.5 Å². The molecule has 0 unspecified atom stereocenters. The van der Waals surface area contributed by atoms with Crippen LogP contribution in [0.3, 0.4) is 0 Å². The van der Waals surface area contributed by atoms with Crippen molar-refractivity contribution in [2.75, 3.05) is 18.4 Å². The first-order valence-electron chi connectivity index (χ1n) is 13.7. The normalized spacial score (nSPS) is 17.3. The van der Waals surface area contributed by atoms with Crippen LogP contribution in [0.2, 0.25) is 5.15 Å². The largest absolute Gasteiger partial charge is 0.444 e. The standard InChI is InChI=1S/C29H42ClN5O5S/c1-27(2,3)21-15-14-20(24(30)32-21)25(36)34-41(38,39)23-13-9-12-22(33-23)31-16-10-11-19-17-29(7,8)35(18-19)26(37)40-28(4,5)6/h9,12-15,19H,10-11,16-18H2,1-8H3,(H,31,33)(H,34,36)/t19-/m0/s1. The maximum Gasteiger partial charge on any atom is 0.410 e. The van der Waals surface area contributed by atoms with Crippen LogP contribution in [0.1, 0.15) is 90.7 Å². The number of carbonyl (C=O) groups is 2. The monoisotopic (exact) mass is 607 g/mol. The predicted molar refractivity (Wildman–Crippen MR) is 160 cm³/mol. The average Bonchev–Trinajstić information content (AvgIpc) is 3.14. The van der Waals surface area contributed by atoms with Crippen LogP contribution in [0.25, 0.3) is 0 Å². The number of anilines is 1. The molecule has 2 aromatic heterocycles. The number of carbonyl (C=O) groups excluding carboxylic acids is 2. The topological polar surface area (TPSA) is 131 Å². The molecule has 1 atom stereocenters. The number of aromatic nitrogens is 2. The van der Waals surface area contributed by atoms with Gasteiger partial charge in [-0.2, -0.15) is 8.42 Å². The van der Waals surface area contributed by atoms with Gasteiger partial charge in [0.25, 0.3) is 15.9 Å². The molecule has 1 aliphatic heterocycles. The van der Waals surface area contributed by atoms with Gasteiger partial charge >= 0.3 is 6.09 Å². The summed E-state index contributed by atoms with van der Waals surface area (Å²) < 4.78 is 33.4. The molecule has 2 N–H and O–H groups in total. The summed E-state index contributed by atoms with van der Waals surface area (Å²) in [5, 5.41) is 2.79. The zero-order valence-electron chi connectivity index (χ0n) is 25.2. The van der Waals surface area contributed by atoms with E-state index in [4.69, 9.17) is 16.3 Å². The highest BCUT2D eigenvalue weighted by Gasteiger charge is 2.42. The van der Waals surface area contributed by atoms with Crippen molar-refractivity contribution in [3.63, 3.8) is 0 Å². The number of rotatable bonds is 8. The summed E-state index contributed by atoms with van der Waals surface area (Å²) >= 11 is 6.19. The summed E-state index contributed by atoms with van der Waals surface area (Å²) in [6.07, 6.45) is 2.26. The van der Waals surface area contributed by atoms with Gasteiger partial charge in [0.1, 0.15) is 16.6 Å². The van der Waals surface area contributed by atoms with E-state index in [0.717, 1.165) is 19.3 Å². The zero-order chi connectivity index (χ0) is 30.8. The molecule has 2 amide bonds. The Morgan fingerprint density at radius 2 is 1.78 bits per heavy atom. The second-order valence-electron chi connectivity index (χ2n) is 13.1. The summed E-state index contributed by atoms with van der Waals surface area (Å²) in [5.74, 6) is -0.187. The van der Waals surface area contributed by atoms with Crippen LogP contribution in [-0.2, 0) is 20.2 Å². The summed E-state index contributed by atoms with van der Waals surface area (Å²) in [6.45, 7) is 16.7. The van der Waals surface area contributed by atoms with Crippen molar-refractivity contribution in [2.24, 2.45) is 5.92 Å². The third-order valence-corrected chi connectivity index (χ3v) is 8.28. The summed E-state index contributed by atoms with van der Waals surface area (Å²) in [4.78, 5) is 35.6.